The zero-order valence-electron chi connectivity index (χ0n) is 49.6. The molecule has 0 aromatic carbocycles. The Kier molecular flexibility index (Phi) is 60.3. The Hall–Kier alpha value is -3.41. The van der Waals surface area contributed by atoms with E-state index in [1.54, 1.807) is 0 Å². The van der Waals surface area contributed by atoms with Crippen molar-refractivity contribution in [2.75, 3.05) is 13.2 Å². The summed E-state index contributed by atoms with van der Waals surface area (Å²) in [6.45, 7) is 6.50. The van der Waals surface area contributed by atoms with Crippen LogP contribution >= 0.6 is 0 Å². The highest BCUT2D eigenvalue weighted by Gasteiger charge is 2.19. The van der Waals surface area contributed by atoms with Crippen LogP contribution in [0.4, 0.5) is 0 Å². The lowest BCUT2D eigenvalue weighted by Crippen LogP contribution is -2.30. The van der Waals surface area contributed by atoms with E-state index in [9.17, 15) is 14.4 Å². The number of carbonyl (C=O) groups is 3. The van der Waals surface area contributed by atoms with Gasteiger partial charge in [-0.15, -0.1) is 0 Å². The molecule has 1 unspecified atom stereocenters. The van der Waals surface area contributed by atoms with Crippen LogP contribution in [0.1, 0.15) is 316 Å². The molecule has 0 spiro atoms. The quantitative estimate of drug-likeness (QED) is 0.0261. The molecule has 0 saturated heterocycles. The van der Waals surface area contributed by atoms with Crippen LogP contribution in [-0.4, -0.2) is 37.2 Å². The minimum Gasteiger partial charge on any atom is -0.462 e. The summed E-state index contributed by atoms with van der Waals surface area (Å²) in [5.74, 6) is -0.942. The lowest BCUT2D eigenvalue weighted by Gasteiger charge is -2.18. The third kappa shape index (κ3) is 61.3. The summed E-state index contributed by atoms with van der Waals surface area (Å²) in [4.78, 5) is 38.3. The first-order valence-corrected chi connectivity index (χ1v) is 32.1. The Morgan fingerprint density at radius 2 is 0.533 bits per heavy atom. The van der Waals surface area contributed by atoms with Crippen molar-refractivity contribution in [3.8, 4) is 0 Å². The average molecular weight is 1050 g/mol. The standard InChI is InChI=1S/C69H120O6/c1-4-7-10-13-16-19-22-25-28-30-31-32-33-34-35-36-37-39-41-44-47-50-53-56-59-62-68(71)74-65-66(64-73-67(70)61-58-55-52-49-46-43-40-27-24-21-18-15-12-9-6-3)75-69(72)63-60-57-54-51-48-45-42-38-29-26-23-20-17-14-11-8-5-2/h8,11,17,20,22,25-26,29-31,42,45,51,54,66H,4-7,9-10,12-16,18-19,21,23-24,27-28,32-41,43-44,46-50,52-53,55-65H2,1-3H3/b11-8-,20-17-,25-22-,29-26-,31-30-,45-42-,54-51-. The number of unbranched alkanes of at least 4 members (excludes halogenated alkanes) is 33. The molecular formula is C69H120O6. The minimum absolute atomic E-state index is 0.0962. The molecule has 0 radical (unpaired) electrons. The van der Waals surface area contributed by atoms with Gasteiger partial charge in [-0.3, -0.25) is 14.4 Å². The molecular weight excluding hydrogens is 925 g/mol. The van der Waals surface area contributed by atoms with Gasteiger partial charge in [-0.2, -0.15) is 0 Å². The molecule has 6 nitrogen and oxygen atoms in total. The summed E-state index contributed by atoms with van der Waals surface area (Å²) < 4.78 is 16.9. The molecule has 0 aromatic heterocycles. The number of allylic oxidation sites excluding steroid dienone is 14. The van der Waals surface area contributed by atoms with Crippen LogP contribution in [0.15, 0.2) is 85.1 Å². The summed E-state index contributed by atoms with van der Waals surface area (Å²) in [7, 11) is 0. The molecule has 0 bridgehead atoms. The first kappa shape index (κ1) is 71.6. The zero-order chi connectivity index (χ0) is 54.3. The van der Waals surface area contributed by atoms with Gasteiger partial charge in [0.1, 0.15) is 13.2 Å². The highest BCUT2D eigenvalue weighted by atomic mass is 16.6. The molecule has 0 N–H and O–H groups in total. The monoisotopic (exact) mass is 1040 g/mol. The molecule has 0 amide bonds. The van der Waals surface area contributed by atoms with Crippen LogP contribution in [0, 0.1) is 0 Å². The van der Waals surface area contributed by atoms with Gasteiger partial charge in [0.2, 0.25) is 0 Å². The zero-order valence-corrected chi connectivity index (χ0v) is 49.6. The van der Waals surface area contributed by atoms with E-state index < -0.39 is 6.10 Å². The molecule has 0 heterocycles. The van der Waals surface area contributed by atoms with E-state index in [1.807, 2.05) is 0 Å². The maximum atomic E-state index is 12.9. The van der Waals surface area contributed by atoms with Crippen LogP contribution in [0.3, 0.4) is 0 Å². The van der Waals surface area contributed by atoms with Crippen LogP contribution in [-0.2, 0) is 28.6 Å². The number of ether oxygens (including phenoxy) is 3. The fraction of sp³-hybridized carbons (Fsp3) is 0.754. The van der Waals surface area contributed by atoms with Gasteiger partial charge in [0.05, 0.1) is 0 Å². The van der Waals surface area contributed by atoms with E-state index in [-0.39, 0.29) is 37.5 Å². The number of hydrogen-bond donors (Lipinski definition) is 0. The number of carbonyl (C=O) groups excluding carboxylic acids is 3. The molecule has 0 rings (SSSR count). The lowest BCUT2D eigenvalue weighted by atomic mass is 10.0. The maximum absolute atomic E-state index is 12.9. The minimum atomic E-state index is -0.806. The topological polar surface area (TPSA) is 78.9 Å². The largest absolute Gasteiger partial charge is 0.462 e. The molecule has 6 heteroatoms. The van der Waals surface area contributed by atoms with E-state index in [4.69, 9.17) is 14.2 Å². The second kappa shape index (κ2) is 63.1. The SMILES string of the molecule is CC/C=C\C/C=C\C/C=C\C/C=C\C/C=C\CCCC(=O)OC(COC(=O)CCCCCCCCCCCCCCC/C=C\C/C=C\CCCCCCC)COC(=O)CCCCCCCCCCCCCCCCC. The van der Waals surface area contributed by atoms with Gasteiger partial charge in [-0.05, 0) is 89.9 Å². The second-order valence-corrected chi connectivity index (χ2v) is 21.3. The Balaban J connectivity index is 4.36. The molecule has 0 saturated carbocycles. The van der Waals surface area contributed by atoms with Gasteiger partial charge < -0.3 is 14.2 Å². The van der Waals surface area contributed by atoms with Gasteiger partial charge in [0.25, 0.3) is 0 Å². The summed E-state index contributed by atoms with van der Waals surface area (Å²) in [5, 5.41) is 0. The highest BCUT2D eigenvalue weighted by Crippen LogP contribution is 2.17. The number of rotatable bonds is 58. The summed E-state index contributed by atoms with van der Waals surface area (Å²) in [6, 6.07) is 0. The van der Waals surface area contributed by atoms with Gasteiger partial charge >= 0.3 is 17.9 Å². The predicted octanol–water partition coefficient (Wildman–Crippen LogP) is 21.9. The van der Waals surface area contributed by atoms with E-state index >= 15 is 0 Å². The van der Waals surface area contributed by atoms with Crippen molar-refractivity contribution in [2.45, 2.75) is 322 Å². The van der Waals surface area contributed by atoms with E-state index in [0.717, 1.165) is 83.5 Å². The van der Waals surface area contributed by atoms with Crippen molar-refractivity contribution >= 4 is 17.9 Å². The fourth-order valence-electron chi connectivity index (χ4n) is 9.10. The van der Waals surface area contributed by atoms with Crippen LogP contribution in [0.2, 0.25) is 0 Å². The van der Waals surface area contributed by atoms with Crippen molar-refractivity contribution < 1.29 is 28.6 Å². The average Bonchev–Trinajstić information content (AvgIpc) is 3.41. The lowest BCUT2D eigenvalue weighted by molar-refractivity contribution is -0.167. The van der Waals surface area contributed by atoms with Gasteiger partial charge in [0, 0.05) is 19.3 Å². The van der Waals surface area contributed by atoms with Gasteiger partial charge in [-0.25, -0.2) is 0 Å². The Labute approximate surface area is 465 Å². The van der Waals surface area contributed by atoms with Crippen molar-refractivity contribution in [3.05, 3.63) is 85.1 Å². The molecule has 0 aliphatic rings. The van der Waals surface area contributed by atoms with Crippen LogP contribution < -0.4 is 0 Å². The highest BCUT2D eigenvalue weighted by molar-refractivity contribution is 5.71. The fourth-order valence-corrected chi connectivity index (χ4v) is 9.10. The van der Waals surface area contributed by atoms with Crippen molar-refractivity contribution in [1.82, 2.24) is 0 Å². The molecule has 0 fully saturated rings. The van der Waals surface area contributed by atoms with E-state index in [1.165, 1.54) is 186 Å². The van der Waals surface area contributed by atoms with Gasteiger partial charge in [0.15, 0.2) is 6.10 Å². The maximum Gasteiger partial charge on any atom is 0.306 e. The third-order valence-corrected chi connectivity index (χ3v) is 13.9. The van der Waals surface area contributed by atoms with Crippen LogP contribution in [0.25, 0.3) is 0 Å². The first-order valence-electron chi connectivity index (χ1n) is 32.1. The van der Waals surface area contributed by atoms with Crippen molar-refractivity contribution in [2.24, 2.45) is 0 Å². The predicted molar refractivity (Wildman–Crippen MR) is 325 cm³/mol. The molecule has 75 heavy (non-hydrogen) atoms. The first-order chi connectivity index (χ1) is 37.0. The molecule has 0 aliphatic carbocycles. The third-order valence-electron chi connectivity index (χ3n) is 13.9. The molecule has 0 aromatic rings. The second-order valence-electron chi connectivity index (χ2n) is 21.3. The molecule has 432 valence electrons. The Bertz CT molecular complexity index is 1430. The number of esters is 3. The molecule has 1 atom stereocenters. The van der Waals surface area contributed by atoms with Crippen molar-refractivity contribution in [1.29, 1.82) is 0 Å². The Morgan fingerprint density at radius 1 is 0.280 bits per heavy atom. The summed E-state index contributed by atoms with van der Waals surface area (Å²) >= 11 is 0. The van der Waals surface area contributed by atoms with E-state index in [2.05, 4.69) is 106 Å². The number of hydrogen-bond acceptors (Lipinski definition) is 6. The normalized spacial score (nSPS) is 12.6. The van der Waals surface area contributed by atoms with E-state index in [0.29, 0.717) is 19.3 Å². The van der Waals surface area contributed by atoms with Crippen LogP contribution in [0.5, 0.6) is 0 Å². The smallest absolute Gasteiger partial charge is 0.306 e. The molecule has 0 aliphatic heterocycles. The van der Waals surface area contributed by atoms with Crippen molar-refractivity contribution in [3.63, 3.8) is 0 Å². The summed E-state index contributed by atoms with van der Waals surface area (Å²) in [6.07, 6.45) is 83.1. The summed E-state index contributed by atoms with van der Waals surface area (Å²) in [5.41, 5.74) is 0. The van der Waals surface area contributed by atoms with Gasteiger partial charge in [-0.1, -0.05) is 292 Å². The Morgan fingerprint density at radius 3 is 0.853 bits per heavy atom.